The van der Waals surface area contributed by atoms with Crippen LogP contribution in [0.1, 0.15) is 51.9 Å². The fraction of sp³-hybridized carbons (Fsp3) is 0.600. The van der Waals surface area contributed by atoms with Gasteiger partial charge >= 0.3 is 0 Å². The van der Waals surface area contributed by atoms with E-state index in [-0.39, 0.29) is 29.7 Å². The summed E-state index contributed by atoms with van der Waals surface area (Å²) in [5, 5.41) is 5.72. The molecule has 0 aliphatic heterocycles. The summed E-state index contributed by atoms with van der Waals surface area (Å²) in [6.45, 7) is 2.48. The number of carbonyl (C=O) groups is 2. The van der Waals surface area contributed by atoms with Gasteiger partial charge in [-0.1, -0.05) is 19.3 Å². The van der Waals surface area contributed by atoms with Crippen LogP contribution in [0.25, 0.3) is 0 Å². The maximum atomic E-state index is 13.0. The van der Waals surface area contributed by atoms with Gasteiger partial charge in [-0.2, -0.15) is 0 Å². The molecular weight excluding hydrogens is 397 g/mol. The Kier molecular flexibility index (Phi) is 8.15. The lowest BCUT2D eigenvalue weighted by molar-refractivity contribution is -0.135. The molecule has 0 bridgehead atoms. The molecule has 9 heteroatoms. The highest BCUT2D eigenvalue weighted by molar-refractivity contribution is 7.89. The second kappa shape index (κ2) is 10.2. The molecule has 1 saturated carbocycles. The molecule has 0 spiro atoms. The minimum absolute atomic E-state index is 0.00301. The number of benzene rings is 1. The summed E-state index contributed by atoms with van der Waals surface area (Å²) < 4.78 is 39.2. The van der Waals surface area contributed by atoms with Gasteiger partial charge < -0.3 is 10.6 Å². The molecule has 0 aromatic heterocycles. The van der Waals surface area contributed by atoms with E-state index in [0.717, 1.165) is 35.7 Å². The molecule has 7 nitrogen and oxygen atoms in total. The molecule has 29 heavy (non-hydrogen) atoms. The number of amides is 2. The van der Waals surface area contributed by atoms with Crippen molar-refractivity contribution in [2.24, 2.45) is 0 Å². The number of rotatable bonds is 9. The van der Waals surface area contributed by atoms with Gasteiger partial charge in [0.1, 0.15) is 11.4 Å². The van der Waals surface area contributed by atoms with Crippen LogP contribution in [0.4, 0.5) is 4.39 Å². The Hall–Kier alpha value is -2.00. The van der Waals surface area contributed by atoms with Crippen LogP contribution in [-0.4, -0.2) is 50.2 Å². The Morgan fingerprint density at radius 2 is 1.76 bits per heavy atom. The summed E-state index contributed by atoms with van der Waals surface area (Å²) in [7, 11) is -2.32. The highest BCUT2D eigenvalue weighted by atomic mass is 32.2. The number of hydrogen-bond donors (Lipinski definition) is 2. The van der Waals surface area contributed by atoms with E-state index in [4.69, 9.17) is 0 Å². The van der Waals surface area contributed by atoms with Crippen molar-refractivity contribution in [2.75, 3.05) is 20.1 Å². The average molecular weight is 428 g/mol. The number of halogens is 1. The summed E-state index contributed by atoms with van der Waals surface area (Å²) in [6.07, 6.45) is 4.47. The maximum absolute atomic E-state index is 13.0. The van der Waals surface area contributed by atoms with E-state index in [1.54, 1.807) is 0 Å². The molecule has 0 radical (unpaired) electrons. The Morgan fingerprint density at radius 3 is 2.34 bits per heavy atom. The second-order valence-electron chi connectivity index (χ2n) is 7.43. The Bertz CT molecular complexity index is 806. The van der Waals surface area contributed by atoms with E-state index in [1.807, 2.05) is 6.92 Å². The van der Waals surface area contributed by atoms with Gasteiger partial charge in [0.05, 0.1) is 4.90 Å². The minimum Gasteiger partial charge on any atom is -0.354 e. The van der Waals surface area contributed by atoms with Crippen molar-refractivity contribution >= 4 is 21.8 Å². The average Bonchev–Trinajstić information content (AvgIpc) is 2.69. The van der Waals surface area contributed by atoms with E-state index in [1.165, 1.54) is 19.2 Å². The summed E-state index contributed by atoms with van der Waals surface area (Å²) in [5.74, 6) is -0.915. The topological polar surface area (TPSA) is 95.6 Å². The zero-order valence-electron chi connectivity index (χ0n) is 17.0. The summed E-state index contributed by atoms with van der Waals surface area (Å²) >= 11 is 0. The van der Waals surface area contributed by atoms with Crippen molar-refractivity contribution < 1.29 is 22.4 Å². The molecule has 1 fully saturated rings. The van der Waals surface area contributed by atoms with Gasteiger partial charge in [0.25, 0.3) is 0 Å². The molecule has 2 amide bonds. The van der Waals surface area contributed by atoms with E-state index in [0.29, 0.717) is 25.8 Å². The van der Waals surface area contributed by atoms with Gasteiger partial charge in [-0.3, -0.25) is 9.59 Å². The number of hydrogen-bond acceptors (Lipinski definition) is 4. The lowest BCUT2D eigenvalue weighted by atomic mass is 9.80. The van der Waals surface area contributed by atoms with Crippen LogP contribution in [0.15, 0.2) is 29.2 Å². The summed E-state index contributed by atoms with van der Waals surface area (Å²) in [4.78, 5) is 25.0. The first-order chi connectivity index (χ1) is 13.7. The standard InChI is InChI=1S/C20H30FN3O4S/c1-3-22-19(26)20(13-5-4-6-14-20)23-18(25)8-7-15-24(2)29(27,28)17-11-9-16(21)10-12-17/h9-12H,3-8,13-15H2,1-2H3,(H,22,26)(H,23,25). The van der Waals surface area contributed by atoms with Crippen molar-refractivity contribution in [3.63, 3.8) is 0 Å². The van der Waals surface area contributed by atoms with Crippen molar-refractivity contribution in [3.05, 3.63) is 30.1 Å². The van der Waals surface area contributed by atoms with Crippen molar-refractivity contribution in [1.29, 1.82) is 0 Å². The van der Waals surface area contributed by atoms with Gasteiger partial charge in [-0.15, -0.1) is 0 Å². The van der Waals surface area contributed by atoms with E-state index in [2.05, 4.69) is 10.6 Å². The molecule has 2 N–H and O–H groups in total. The van der Waals surface area contributed by atoms with Gasteiger partial charge in [0.15, 0.2) is 0 Å². The molecule has 0 heterocycles. The fourth-order valence-electron chi connectivity index (χ4n) is 3.59. The quantitative estimate of drug-likeness (QED) is 0.631. The maximum Gasteiger partial charge on any atom is 0.245 e. The number of nitrogens with one attached hydrogen (secondary N) is 2. The summed E-state index contributed by atoms with van der Waals surface area (Å²) in [5.41, 5.74) is -0.864. The van der Waals surface area contributed by atoms with Crippen LogP contribution in [-0.2, 0) is 19.6 Å². The zero-order valence-corrected chi connectivity index (χ0v) is 17.9. The molecule has 0 saturated heterocycles. The Labute approximate surface area is 172 Å². The normalized spacial score (nSPS) is 16.4. The van der Waals surface area contributed by atoms with Crippen molar-refractivity contribution in [1.82, 2.24) is 14.9 Å². The first kappa shape index (κ1) is 23.3. The molecular formula is C20H30FN3O4S. The fourth-order valence-corrected chi connectivity index (χ4v) is 4.80. The third kappa shape index (κ3) is 5.99. The van der Waals surface area contributed by atoms with Crippen molar-refractivity contribution in [2.45, 2.75) is 62.3 Å². The molecule has 1 aromatic rings. The lowest BCUT2D eigenvalue weighted by Crippen LogP contribution is -2.59. The third-order valence-electron chi connectivity index (χ3n) is 5.26. The largest absolute Gasteiger partial charge is 0.354 e. The van der Waals surface area contributed by atoms with Crippen LogP contribution in [0, 0.1) is 5.82 Å². The van der Waals surface area contributed by atoms with E-state index in [9.17, 15) is 22.4 Å². The van der Waals surface area contributed by atoms with Gasteiger partial charge in [0, 0.05) is 26.6 Å². The highest BCUT2D eigenvalue weighted by Gasteiger charge is 2.40. The van der Waals surface area contributed by atoms with E-state index < -0.39 is 21.4 Å². The highest BCUT2D eigenvalue weighted by Crippen LogP contribution is 2.28. The predicted octanol–water partition coefficient (Wildman–Crippen LogP) is 2.18. The molecule has 162 valence electrons. The van der Waals surface area contributed by atoms with Crippen LogP contribution in [0.2, 0.25) is 0 Å². The molecule has 1 aliphatic carbocycles. The van der Waals surface area contributed by atoms with Gasteiger partial charge in [0.2, 0.25) is 21.8 Å². The van der Waals surface area contributed by atoms with Crippen LogP contribution < -0.4 is 10.6 Å². The Balaban J connectivity index is 1.91. The molecule has 0 unspecified atom stereocenters. The third-order valence-corrected chi connectivity index (χ3v) is 7.13. The molecule has 0 atom stereocenters. The molecule has 1 aromatic carbocycles. The van der Waals surface area contributed by atoms with Gasteiger partial charge in [-0.05, 0) is 50.5 Å². The number of likely N-dealkylation sites (N-methyl/N-ethyl adjacent to an activating group) is 1. The molecule has 2 rings (SSSR count). The van der Waals surface area contributed by atoms with Gasteiger partial charge in [-0.25, -0.2) is 17.1 Å². The minimum atomic E-state index is -3.74. The number of sulfonamides is 1. The van der Waals surface area contributed by atoms with Crippen LogP contribution in [0.5, 0.6) is 0 Å². The van der Waals surface area contributed by atoms with Crippen LogP contribution >= 0.6 is 0 Å². The number of carbonyl (C=O) groups excluding carboxylic acids is 2. The predicted molar refractivity (Wildman–Crippen MR) is 108 cm³/mol. The van der Waals surface area contributed by atoms with Crippen molar-refractivity contribution in [3.8, 4) is 0 Å². The SMILES string of the molecule is CCNC(=O)C1(NC(=O)CCCN(C)S(=O)(=O)c2ccc(F)cc2)CCCCC1. The first-order valence-corrected chi connectivity index (χ1v) is 11.5. The Morgan fingerprint density at radius 1 is 1.14 bits per heavy atom. The second-order valence-corrected chi connectivity index (χ2v) is 9.48. The van der Waals surface area contributed by atoms with E-state index >= 15 is 0 Å². The lowest BCUT2D eigenvalue weighted by Gasteiger charge is -2.36. The summed E-state index contributed by atoms with van der Waals surface area (Å²) in [6, 6.07) is 4.62. The van der Waals surface area contributed by atoms with Crippen LogP contribution in [0.3, 0.4) is 0 Å². The smallest absolute Gasteiger partial charge is 0.245 e. The monoisotopic (exact) mass is 427 g/mol. The first-order valence-electron chi connectivity index (χ1n) is 10.0. The number of nitrogens with zero attached hydrogens (tertiary/aromatic N) is 1. The zero-order chi connectivity index (χ0) is 21.5. The molecule has 1 aliphatic rings.